The van der Waals surface area contributed by atoms with Crippen LogP contribution in [-0.4, -0.2) is 37.9 Å². The van der Waals surface area contributed by atoms with E-state index in [0.717, 1.165) is 0 Å². The number of rotatable bonds is 8. The average molecular weight is 435 g/mol. The number of methoxy groups -OCH3 is 1. The second kappa shape index (κ2) is 10.7. The summed E-state index contributed by atoms with van der Waals surface area (Å²) in [6, 6.07) is 18.3. The van der Waals surface area contributed by atoms with Crippen LogP contribution in [0.1, 0.15) is 31.1 Å². The van der Waals surface area contributed by atoms with Gasteiger partial charge in [-0.1, -0.05) is 6.07 Å². The summed E-state index contributed by atoms with van der Waals surface area (Å²) in [5.41, 5.74) is 1.70. The lowest BCUT2D eigenvalue weighted by Gasteiger charge is -2.09. The molecule has 0 atom stereocenters. The van der Waals surface area contributed by atoms with E-state index in [4.69, 9.17) is 4.74 Å². The van der Waals surface area contributed by atoms with Crippen molar-refractivity contribution in [2.75, 3.05) is 25.5 Å². The number of halogens is 1. The van der Waals surface area contributed by atoms with Crippen LogP contribution in [-0.2, 0) is 0 Å². The van der Waals surface area contributed by atoms with E-state index in [1.165, 1.54) is 31.4 Å². The number of amides is 3. The molecule has 32 heavy (non-hydrogen) atoms. The highest BCUT2D eigenvalue weighted by Gasteiger charge is 2.09. The van der Waals surface area contributed by atoms with Gasteiger partial charge >= 0.3 is 0 Å². The van der Waals surface area contributed by atoms with Gasteiger partial charge in [-0.25, -0.2) is 4.39 Å². The van der Waals surface area contributed by atoms with Gasteiger partial charge in [0.1, 0.15) is 11.6 Å². The Balaban J connectivity index is 1.44. The van der Waals surface area contributed by atoms with Gasteiger partial charge in [0.25, 0.3) is 17.7 Å². The van der Waals surface area contributed by atoms with E-state index in [1.807, 2.05) is 0 Å². The van der Waals surface area contributed by atoms with E-state index in [9.17, 15) is 18.8 Å². The monoisotopic (exact) mass is 435 g/mol. The van der Waals surface area contributed by atoms with E-state index in [-0.39, 0.29) is 30.8 Å². The molecule has 0 saturated heterocycles. The van der Waals surface area contributed by atoms with Gasteiger partial charge in [-0.05, 0) is 66.7 Å². The molecule has 0 aromatic heterocycles. The van der Waals surface area contributed by atoms with E-state index in [0.29, 0.717) is 28.1 Å². The van der Waals surface area contributed by atoms with Gasteiger partial charge in [0.2, 0.25) is 0 Å². The largest absolute Gasteiger partial charge is 0.497 e. The van der Waals surface area contributed by atoms with Crippen molar-refractivity contribution in [3.8, 4) is 5.75 Å². The normalized spacial score (nSPS) is 10.2. The third-order valence-electron chi connectivity index (χ3n) is 4.54. The van der Waals surface area contributed by atoms with Crippen LogP contribution in [0, 0.1) is 5.82 Å². The number of ether oxygens (including phenoxy) is 1. The molecule has 164 valence electrons. The molecule has 0 fully saturated rings. The average Bonchev–Trinajstić information content (AvgIpc) is 2.82. The SMILES string of the molecule is COc1cccc(C(=O)NCCNC(=O)c2ccc(NC(=O)c3ccc(F)cc3)cc2)c1. The number of anilines is 1. The van der Waals surface area contributed by atoms with Gasteiger partial charge in [0.05, 0.1) is 7.11 Å². The van der Waals surface area contributed by atoms with Gasteiger partial charge in [-0.15, -0.1) is 0 Å². The smallest absolute Gasteiger partial charge is 0.255 e. The van der Waals surface area contributed by atoms with Gasteiger partial charge in [0.15, 0.2) is 0 Å². The molecule has 3 rings (SSSR count). The molecule has 3 aromatic rings. The standard InChI is InChI=1S/C24H22FN3O4/c1-32-21-4-2-3-18(15-21)23(30)27-14-13-26-22(29)16-7-11-20(12-8-16)28-24(31)17-5-9-19(25)10-6-17/h2-12,15H,13-14H2,1H3,(H,26,29)(H,27,30)(H,28,31). The van der Waals surface area contributed by atoms with Crippen LogP contribution in [0.4, 0.5) is 10.1 Å². The minimum atomic E-state index is -0.420. The zero-order chi connectivity index (χ0) is 22.9. The Morgan fingerprint density at radius 1 is 0.750 bits per heavy atom. The van der Waals surface area contributed by atoms with Crippen molar-refractivity contribution >= 4 is 23.4 Å². The highest BCUT2D eigenvalue weighted by atomic mass is 19.1. The summed E-state index contributed by atoms with van der Waals surface area (Å²) in [6.07, 6.45) is 0. The second-order valence-electron chi connectivity index (χ2n) is 6.78. The molecule has 0 saturated carbocycles. The van der Waals surface area contributed by atoms with Crippen molar-refractivity contribution in [3.05, 3.63) is 95.3 Å². The minimum Gasteiger partial charge on any atom is -0.497 e. The first-order valence-corrected chi connectivity index (χ1v) is 9.83. The predicted octanol–water partition coefficient (Wildman–Crippen LogP) is 3.25. The maximum Gasteiger partial charge on any atom is 0.255 e. The van der Waals surface area contributed by atoms with Crippen LogP contribution in [0.5, 0.6) is 5.75 Å². The molecule has 0 unspecified atom stereocenters. The fourth-order valence-electron chi connectivity index (χ4n) is 2.83. The van der Waals surface area contributed by atoms with Gasteiger partial charge < -0.3 is 20.7 Å². The van der Waals surface area contributed by atoms with Crippen LogP contribution < -0.4 is 20.7 Å². The summed E-state index contributed by atoms with van der Waals surface area (Å²) >= 11 is 0. The molecule has 0 aliphatic carbocycles. The molecular weight excluding hydrogens is 413 g/mol. The second-order valence-corrected chi connectivity index (χ2v) is 6.78. The van der Waals surface area contributed by atoms with Crippen LogP contribution in [0.2, 0.25) is 0 Å². The lowest BCUT2D eigenvalue weighted by atomic mass is 10.1. The van der Waals surface area contributed by atoms with Crippen molar-refractivity contribution in [1.29, 1.82) is 0 Å². The van der Waals surface area contributed by atoms with Gasteiger partial charge in [-0.3, -0.25) is 14.4 Å². The van der Waals surface area contributed by atoms with Crippen LogP contribution in [0.15, 0.2) is 72.8 Å². The Morgan fingerprint density at radius 3 is 1.94 bits per heavy atom. The molecule has 7 nitrogen and oxygen atoms in total. The summed E-state index contributed by atoms with van der Waals surface area (Å²) in [6.45, 7) is 0.505. The summed E-state index contributed by atoms with van der Waals surface area (Å²) in [5, 5.41) is 8.13. The Hall–Kier alpha value is -4.20. The summed E-state index contributed by atoms with van der Waals surface area (Å²) in [5.74, 6) is -0.787. The number of benzene rings is 3. The number of carbonyl (C=O) groups excluding carboxylic acids is 3. The lowest BCUT2D eigenvalue weighted by molar-refractivity contribution is 0.0927. The molecule has 0 aliphatic rings. The molecule has 0 radical (unpaired) electrons. The lowest BCUT2D eigenvalue weighted by Crippen LogP contribution is -2.34. The first-order chi connectivity index (χ1) is 15.5. The Labute approximate surface area is 184 Å². The van der Waals surface area contributed by atoms with Crippen LogP contribution in [0.3, 0.4) is 0 Å². The van der Waals surface area contributed by atoms with Crippen molar-refractivity contribution in [2.24, 2.45) is 0 Å². The molecule has 3 amide bonds. The molecular formula is C24H22FN3O4. The minimum absolute atomic E-state index is 0.248. The summed E-state index contributed by atoms with van der Waals surface area (Å²) < 4.78 is 18.1. The third-order valence-corrected chi connectivity index (χ3v) is 4.54. The van der Waals surface area contributed by atoms with E-state index in [2.05, 4.69) is 16.0 Å². The highest BCUT2D eigenvalue weighted by molar-refractivity contribution is 6.04. The maximum atomic E-state index is 13.0. The molecule has 0 aliphatic heterocycles. The number of hydrogen-bond acceptors (Lipinski definition) is 4. The Bertz CT molecular complexity index is 1100. The van der Waals surface area contributed by atoms with Crippen molar-refractivity contribution in [3.63, 3.8) is 0 Å². The Kier molecular flexibility index (Phi) is 7.53. The van der Waals surface area contributed by atoms with Crippen LogP contribution >= 0.6 is 0 Å². The quantitative estimate of drug-likeness (QED) is 0.473. The van der Waals surface area contributed by atoms with E-state index >= 15 is 0 Å². The fraction of sp³-hybridized carbons (Fsp3) is 0.125. The fourth-order valence-corrected chi connectivity index (χ4v) is 2.83. The van der Waals surface area contributed by atoms with E-state index < -0.39 is 5.82 Å². The molecule has 0 heterocycles. The topological polar surface area (TPSA) is 96.5 Å². The molecule has 3 N–H and O–H groups in total. The number of hydrogen-bond donors (Lipinski definition) is 3. The highest BCUT2D eigenvalue weighted by Crippen LogP contribution is 2.13. The summed E-state index contributed by atoms with van der Waals surface area (Å²) in [4.78, 5) is 36.6. The predicted molar refractivity (Wildman–Crippen MR) is 118 cm³/mol. The first kappa shape index (κ1) is 22.5. The number of nitrogens with one attached hydrogen (secondary N) is 3. The Morgan fingerprint density at radius 2 is 1.31 bits per heavy atom. The third kappa shape index (κ3) is 6.15. The molecule has 3 aromatic carbocycles. The van der Waals surface area contributed by atoms with Crippen molar-refractivity contribution < 1.29 is 23.5 Å². The van der Waals surface area contributed by atoms with E-state index in [1.54, 1.807) is 48.5 Å². The maximum absolute atomic E-state index is 13.0. The van der Waals surface area contributed by atoms with Gasteiger partial charge in [0, 0.05) is 35.5 Å². The number of carbonyl (C=O) groups is 3. The van der Waals surface area contributed by atoms with Gasteiger partial charge in [-0.2, -0.15) is 0 Å². The zero-order valence-corrected chi connectivity index (χ0v) is 17.4. The molecule has 0 spiro atoms. The summed E-state index contributed by atoms with van der Waals surface area (Å²) in [7, 11) is 1.53. The van der Waals surface area contributed by atoms with Crippen molar-refractivity contribution in [2.45, 2.75) is 0 Å². The molecule has 0 bridgehead atoms. The zero-order valence-electron chi connectivity index (χ0n) is 17.4. The molecule has 8 heteroatoms. The first-order valence-electron chi connectivity index (χ1n) is 9.83. The van der Waals surface area contributed by atoms with Crippen LogP contribution in [0.25, 0.3) is 0 Å². The van der Waals surface area contributed by atoms with Crippen molar-refractivity contribution in [1.82, 2.24) is 10.6 Å².